The van der Waals surface area contributed by atoms with E-state index in [9.17, 15) is 14.4 Å². The number of nitrogens with one attached hydrogen (secondary N) is 1. The van der Waals surface area contributed by atoms with E-state index in [1.807, 2.05) is 18.2 Å². The molecule has 6 nitrogen and oxygen atoms in total. The predicted molar refractivity (Wildman–Crippen MR) is 95.4 cm³/mol. The first kappa shape index (κ1) is 18.4. The highest BCUT2D eigenvalue weighted by Gasteiger charge is 2.40. The predicted octanol–water partition coefficient (Wildman–Crippen LogP) is 2.10. The lowest BCUT2D eigenvalue weighted by Crippen LogP contribution is -2.55. The van der Waals surface area contributed by atoms with Gasteiger partial charge in [0.2, 0.25) is 17.7 Å². The largest absolute Gasteiger partial charge is 0.339 e. The highest BCUT2D eigenvalue weighted by atomic mass is 79.9. The summed E-state index contributed by atoms with van der Waals surface area (Å²) >= 11 is 3.38. The molecule has 0 spiro atoms. The Morgan fingerprint density at radius 2 is 1.58 bits per heavy atom. The lowest BCUT2D eigenvalue weighted by Gasteiger charge is -2.37. The molecular formula is C17H22BrN3O3. The first-order valence-electron chi connectivity index (χ1n) is 7.84. The minimum atomic E-state index is -1.19. The molecule has 0 atom stereocenters. The van der Waals surface area contributed by atoms with Gasteiger partial charge in [-0.05, 0) is 41.9 Å². The number of anilines is 1. The topological polar surface area (TPSA) is 69.7 Å². The molecule has 0 unspecified atom stereocenters. The maximum absolute atomic E-state index is 12.8. The lowest BCUT2D eigenvalue weighted by molar-refractivity contribution is -0.149. The molecule has 0 aromatic heterocycles. The summed E-state index contributed by atoms with van der Waals surface area (Å²) in [5, 5.41) is 2.80. The van der Waals surface area contributed by atoms with Crippen LogP contribution in [-0.4, -0.2) is 53.7 Å². The van der Waals surface area contributed by atoms with Crippen molar-refractivity contribution < 1.29 is 14.4 Å². The first-order valence-corrected chi connectivity index (χ1v) is 8.63. The standard InChI is InChI=1S/C17H22BrN3O3/c1-12(22)20-8-10-21(11-9-20)16(24)17(2,3)15(23)19-14-7-5-4-6-13(14)18/h4-7H,8-11H2,1-3H3,(H,19,23). The van der Waals surface area contributed by atoms with Crippen LogP contribution in [0.25, 0.3) is 0 Å². The van der Waals surface area contributed by atoms with Crippen molar-refractivity contribution in [2.75, 3.05) is 31.5 Å². The quantitative estimate of drug-likeness (QED) is 0.796. The minimum Gasteiger partial charge on any atom is -0.339 e. The van der Waals surface area contributed by atoms with Crippen LogP contribution in [0.2, 0.25) is 0 Å². The number of rotatable bonds is 3. The Kier molecular flexibility index (Phi) is 5.64. The number of hydrogen-bond donors (Lipinski definition) is 1. The summed E-state index contributed by atoms with van der Waals surface area (Å²) in [7, 11) is 0. The first-order chi connectivity index (χ1) is 11.2. The van der Waals surface area contributed by atoms with Gasteiger partial charge in [0, 0.05) is 37.6 Å². The molecule has 1 N–H and O–H groups in total. The lowest BCUT2D eigenvalue weighted by atomic mass is 9.89. The maximum Gasteiger partial charge on any atom is 0.239 e. The van der Waals surface area contributed by atoms with E-state index in [4.69, 9.17) is 0 Å². The molecule has 1 aromatic carbocycles. The zero-order valence-electron chi connectivity index (χ0n) is 14.1. The van der Waals surface area contributed by atoms with Crippen molar-refractivity contribution >= 4 is 39.3 Å². The van der Waals surface area contributed by atoms with Crippen molar-refractivity contribution in [3.8, 4) is 0 Å². The van der Waals surface area contributed by atoms with Crippen LogP contribution < -0.4 is 5.32 Å². The Morgan fingerprint density at radius 1 is 1.04 bits per heavy atom. The fraction of sp³-hybridized carbons (Fsp3) is 0.471. The van der Waals surface area contributed by atoms with Crippen molar-refractivity contribution in [3.63, 3.8) is 0 Å². The fourth-order valence-corrected chi connectivity index (χ4v) is 2.94. The summed E-state index contributed by atoms with van der Waals surface area (Å²) in [5.74, 6) is -0.573. The average molecular weight is 396 g/mol. The summed E-state index contributed by atoms with van der Waals surface area (Å²) in [4.78, 5) is 40.1. The third kappa shape index (κ3) is 3.95. The van der Waals surface area contributed by atoms with E-state index in [1.54, 1.807) is 29.7 Å². The van der Waals surface area contributed by atoms with E-state index < -0.39 is 5.41 Å². The monoisotopic (exact) mass is 395 g/mol. The number of carbonyl (C=O) groups is 3. The van der Waals surface area contributed by atoms with Crippen molar-refractivity contribution in [2.45, 2.75) is 20.8 Å². The third-order valence-electron chi connectivity index (χ3n) is 4.24. The fourth-order valence-electron chi connectivity index (χ4n) is 2.56. The molecule has 7 heteroatoms. The van der Waals surface area contributed by atoms with E-state index in [0.29, 0.717) is 31.9 Å². The normalized spacial score (nSPS) is 15.2. The van der Waals surface area contributed by atoms with Gasteiger partial charge in [-0.2, -0.15) is 0 Å². The molecule has 1 saturated heterocycles. The van der Waals surface area contributed by atoms with Crippen LogP contribution in [-0.2, 0) is 14.4 Å². The van der Waals surface area contributed by atoms with Gasteiger partial charge in [-0.15, -0.1) is 0 Å². The van der Waals surface area contributed by atoms with Gasteiger partial charge < -0.3 is 15.1 Å². The number of amides is 3. The number of benzene rings is 1. The number of carbonyl (C=O) groups excluding carboxylic acids is 3. The van der Waals surface area contributed by atoms with Gasteiger partial charge in [0.25, 0.3) is 0 Å². The second-order valence-electron chi connectivity index (χ2n) is 6.36. The molecule has 1 aliphatic rings. The van der Waals surface area contributed by atoms with Gasteiger partial charge in [0.1, 0.15) is 5.41 Å². The number of halogens is 1. The van der Waals surface area contributed by atoms with Crippen molar-refractivity contribution in [3.05, 3.63) is 28.7 Å². The molecule has 130 valence electrons. The average Bonchev–Trinajstić information content (AvgIpc) is 2.56. The van der Waals surface area contributed by atoms with Crippen LogP contribution in [0.5, 0.6) is 0 Å². The molecule has 1 heterocycles. The smallest absolute Gasteiger partial charge is 0.239 e. The molecule has 1 fully saturated rings. The Morgan fingerprint density at radius 3 is 2.12 bits per heavy atom. The van der Waals surface area contributed by atoms with Crippen molar-refractivity contribution in [1.29, 1.82) is 0 Å². The summed E-state index contributed by atoms with van der Waals surface area (Å²) in [5.41, 5.74) is -0.557. The minimum absolute atomic E-state index is 0.00744. The molecule has 24 heavy (non-hydrogen) atoms. The van der Waals surface area contributed by atoms with Gasteiger partial charge in [-0.25, -0.2) is 0 Å². The maximum atomic E-state index is 12.8. The Bertz CT molecular complexity index is 652. The van der Waals surface area contributed by atoms with Crippen LogP contribution in [0.3, 0.4) is 0 Å². The Balaban J connectivity index is 2.03. The number of hydrogen-bond acceptors (Lipinski definition) is 3. The van der Waals surface area contributed by atoms with E-state index >= 15 is 0 Å². The summed E-state index contributed by atoms with van der Waals surface area (Å²) in [6.45, 7) is 6.67. The van der Waals surface area contributed by atoms with E-state index in [-0.39, 0.29) is 17.7 Å². The SMILES string of the molecule is CC(=O)N1CCN(C(=O)C(C)(C)C(=O)Nc2ccccc2Br)CC1. The van der Waals surface area contributed by atoms with Crippen LogP contribution >= 0.6 is 15.9 Å². The summed E-state index contributed by atoms with van der Waals surface area (Å²) in [6, 6.07) is 7.26. The molecular weight excluding hydrogens is 374 g/mol. The zero-order valence-corrected chi connectivity index (χ0v) is 15.7. The van der Waals surface area contributed by atoms with Gasteiger partial charge in [0.05, 0.1) is 5.69 Å². The molecule has 1 aromatic rings. The molecule has 0 radical (unpaired) electrons. The van der Waals surface area contributed by atoms with Gasteiger partial charge in [-0.3, -0.25) is 14.4 Å². The molecule has 3 amide bonds. The van der Waals surface area contributed by atoms with Crippen molar-refractivity contribution in [2.24, 2.45) is 5.41 Å². The highest BCUT2D eigenvalue weighted by Crippen LogP contribution is 2.26. The zero-order chi connectivity index (χ0) is 17.9. The highest BCUT2D eigenvalue weighted by molar-refractivity contribution is 9.10. The molecule has 1 aliphatic heterocycles. The van der Waals surface area contributed by atoms with E-state index in [0.717, 1.165) is 4.47 Å². The van der Waals surface area contributed by atoms with Crippen LogP contribution in [0.4, 0.5) is 5.69 Å². The van der Waals surface area contributed by atoms with Gasteiger partial charge in [-0.1, -0.05) is 12.1 Å². The molecule has 0 aliphatic carbocycles. The van der Waals surface area contributed by atoms with E-state index in [1.165, 1.54) is 6.92 Å². The van der Waals surface area contributed by atoms with Gasteiger partial charge in [0.15, 0.2) is 0 Å². The summed E-state index contributed by atoms with van der Waals surface area (Å²) < 4.78 is 0.761. The Hall–Kier alpha value is -1.89. The van der Waals surface area contributed by atoms with E-state index in [2.05, 4.69) is 21.2 Å². The van der Waals surface area contributed by atoms with Gasteiger partial charge >= 0.3 is 0 Å². The Labute approximate surface area is 150 Å². The molecule has 0 bridgehead atoms. The second kappa shape index (κ2) is 7.34. The molecule has 0 saturated carbocycles. The van der Waals surface area contributed by atoms with Crippen LogP contribution in [0.15, 0.2) is 28.7 Å². The molecule has 2 rings (SSSR count). The summed E-state index contributed by atoms with van der Waals surface area (Å²) in [6.07, 6.45) is 0. The third-order valence-corrected chi connectivity index (χ3v) is 4.93. The van der Waals surface area contributed by atoms with Crippen molar-refractivity contribution in [1.82, 2.24) is 9.80 Å². The number of nitrogens with zero attached hydrogens (tertiary/aromatic N) is 2. The van der Waals surface area contributed by atoms with Crippen LogP contribution in [0.1, 0.15) is 20.8 Å². The van der Waals surface area contributed by atoms with Crippen LogP contribution in [0, 0.1) is 5.41 Å². The number of piperazine rings is 1. The second-order valence-corrected chi connectivity index (χ2v) is 7.21. The number of para-hydroxylation sites is 1.